The van der Waals surface area contributed by atoms with Crippen LogP contribution in [-0.4, -0.2) is 49.5 Å². The molecule has 0 bridgehead atoms. The van der Waals surface area contributed by atoms with Crippen LogP contribution < -0.4 is 16.4 Å². The molecule has 0 radical (unpaired) electrons. The Bertz CT molecular complexity index is 485. The maximum atomic E-state index is 13.0. The van der Waals surface area contributed by atoms with Crippen LogP contribution in [0.2, 0.25) is 0 Å². The van der Waals surface area contributed by atoms with Gasteiger partial charge in [-0.3, -0.25) is 10.1 Å². The SMILES string of the molecule is CCCCCCC(CCC)C(CC)(OC[C@H]1CCCN1)C(NCC(F)(F)F)C(N)=O. The van der Waals surface area contributed by atoms with Gasteiger partial charge in [-0.05, 0) is 44.6 Å². The predicted octanol–water partition coefficient (Wildman–Crippen LogP) is 4.30. The molecule has 4 N–H and O–H groups in total. The summed E-state index contributed by atoms with van der Waals surface area (Å²) >= 11 is 0. The molecule has 1 rings (SSSR count). The molecule has 1 aliphatic heterocycles. The number of nitrogens with two attached hydrogens (primary N) is 1. The molecule has 4 atom stereocenters. The number of hydrogen-bond acceptors (Lipinski definition) is 4. The van der Waals surface area contributed by atoms with Gasteiger partial charge in [-0.2, -0.15) is 13.2 Å². The lowest BCUT2D eigenvalue weighted by molar-refractivity contribution is -0.158. The number of unbranched alkanes of at least 4 members (excludes halogenated alkanes) is 3. The molecule has 1 fully saturated rings. The van der Waals surface area contributed by atoms with Crippen LogP contribution in [0.5, 0.6) is 0 Å². The van der Waals surface area contributed by atoms with Crippen molar-refractivity contribution in [1.29, 1.82) is 0 Å². The van der Waals surface area contributed by atoms with Gasteiger partial charge in [-0.1, -0.05) is 52.9 Å². The van der Waals surface area contributed by atoms with Gasteiger partial charge in [-0.15, -0.1) is 0 Å². The van der Waals surface area contributed by atoms with Crippen LogP contribution >= 0.6 is 0 Å². The normalized spacial score (nSPS) is 21.3. The van der Waals surface area contributed by atoms with Gasteiger partial charge in [0.1, 0.15) is 6.04 Å². The van der Waals surface area contributed by atoms with Crippen molar-refractivity contribution in [2.75, 3.05) is 19.7 Å². The van der Waals surface area contributed by atoms with E-state index in [2.05, 4.69) is 24.5 Å². The van der Waals surface area contributed by atoms with Crippen LogP contribution in [0, 0.1) is 5.92 Å². The first-order valence-electron chi connectivity index (χ1n) is 11.7. The molecule has 1 amide bonds. The quantitative estimate of drug-likeness (QED) is 0.315. The Kier molecular flexibility index (Phi) is 12.3. The minimum atomic E-state index is -4.43. The molecule has 0 aromatic rings. The fourth-order valence-corrected chi connectivity index (χ4v) is 4.72. The summed E-state index contributed by atoms with van der Waals surface area (Å²) in [5.74, 6) is -0.820. The highest BCUT2D eigenvalue weighted by atomic mass is 19.4. The van der Waals surface area contributed by atoms with Crippen molar-refractivity contribution in [3.8, 4) is 0 Å². The third-order valence-corrected chi connectivity index (χ3v) is 6.28. The first-order valence-corrected chi connectivity index (χ1v) is 11.7. The summed E-state index contributed by atoms with van der Waals surface area (Å²) in [5.41, 5.74) is 4.61. The van der Waals surface area contributed by atoms with Crippen LogP contribution in [-0.2, 0) is 9.53 Å². The summed E-state index contributed by atoms with van der Waals surface area (Å²) in [6, 6.07) is -1.03. The van der Waals surface area contributed by atoms with Crippen molar-refractivity contribution >= 4 is 5.91 Å². The number of primary amides is 1. The highest BCUT2D eigenvalue weighted by Gasteiger charge is 2.48. The number of carbonyl (C=O) groups is 1. The van der Waals surface area contributed by atoms with E-state index in [1.165, 1.54) is 0 Å². The maximum Gasteiger partial charge on any atom is 0.401 e. The average Bonchev–Trinajstić information content (AvgIpc) is 3.19. The van der Waals surface area contributed by atoms with Crippen molar-refractivity contribution < 1.29 is 22.7 Å². The van der Waals surface area contributed by atoms with E-state index in [0.717, 1.165) is 64.3 Å². The lowest BCUT2D eigenvalue weighted by Gasteiger charge is -2.45. The molecule has 3 unspecified atom stereocenters. The fraction of sp³-hybridized carbons (Fsp3) is 0.955. The smallest absolute Gasteiger partial charge is 0.371 e. The van der Waals surface area contributed by atoms with E-state index in [-0.39, 0.29) is 12.0 Å². The van der Waals surface area contributed by atoms with Crippen LogP contribution in [0.4, 0.5) is 13.2 Å². The Labute approximate surface area is 180 Å². The Morgan fingerprint density at radius 2 is 1.90 bits per heavy atom. The van der Waals surface area contributed by atoms with Crippen LogP contribution in [0.15, 0.2) is 0 Å². The molecule has 8 heteroatoms. The summed E-state index contributed by atoms with van der Waals surface area (Å²) < 4.78 is 45.4. The van der Waals surface area contributed by atoms with Gasteiger partial charge < -0.3 is 15.8 Å². The van der Waals surface area contributed by atoms with Gasteiger partial charge in [0, 0.05) is 6.04 Å². The number of alkyl halides is 3. The van der Waals surface area contributed by atoms with Crippen LogP contribution in [0.25, 0.3) is 0 Å². The minimum Gasteiger partial charge on any atom is -0.371 e. The van der Waals surface area contributed by atoms with Crippen molar-refractivity contribution in [3.05, 3.63) is 0 Å². The molecule has 0 spiro atoms. The number of hydrogen-bond donors (Lipinski definition) is 3. The predicted molar refractivity (Wildman–Crippen MR) is 114 cm³/mol. The molecule has 5 nitrogen and oxygen atoms in total. The van der Waals surface area contributed by atoms with Gasteiger partial charge in [0.15, 0.2) is 0 Å². The molecule has 30 heavy (non-hydrogen) atoms. The zero-order chi connectivity index (χ0) is 22.6. The topological polar surface area (TPSA) is 76.4 Å². The van der Waals surface area contributed by atoms with E-state index < -0.39 is 30.3 Å². The molecule has 0 aromatic heterocycles. The second-order valence-electron chi connectivity index (χ2n) is 8.58. The van der Waals surface area contributed by atoms with E-state index in [9.17, 15) is 18.0 Å². The zero-order valence-corrected chi connectivity index (χ0v) is 19.0. The first-order chi connectivity index (χ1) is 14.2. The molecule has 1 heterocycles. The van der Waals surface area contributed by atoms with Gasteiger partial charge in [0.05, 0.1) is 18.8 Å². The summed E-state index contributed by atoms with van der Waals surface area (Å²) in [6.45, 7) is 6.11. The molecular weight excluding hydrogens is 395 g/mol. The summed E-state index contributed by atoms with van der Waals surface area (Å²) in [7, 11) is 0. The lowest BCUT2D eigenvalue weighted by atomic mass is 9.73. The highest BCUT2D eigenvalue weighted by Crippen LogP contribution is 2.38. The summed E-state index contributed by atoms with van der Waals surface area (Å²) in [5, 5.41) is 5.79. The second-order valence-corrected chi connectivity index (χ2v) is 8.58. The number of nitrogens with one attached hydrogen (secondary N) is 2. The Balaban J connectivity index is 3.15. The fourth-order valence-electron chi connectivity index (χ4n) is 4.72. The third kappa shape index (κ3) is 8.71. The van der Waals surface area contributed by atoms with Crippen molar-refractivity contribution in [3.63, 3.8) is 0 Å². The summed E-state index contributed by atoms with van der Waals surface area (Å²) in [4.78, 5) is 12.4. The van der Waals surface area contributed by atoms with Gasteiger partial charge in [0.2, 0.25) is 5.91 Å². The van der Waals surface area contributed by atoms with E-state index >= 15 is 0 Å². The monoisotopic (exact) mass is 437 g/mol. The maximum absolute atomic E-state index is 13.0. The Morgan fingerprint density at radius 3 is 2.40 bits per heavy atom. The molecule has 0 aromatic carbocycles. The molecule has 1 saturated heterocycles. The van der Waals surface area contributed by atoms with Gasteiger partial charge >= 0.3 is 6.18 Å². The number of amides is 1. The van der Waals surface area contributed by atoms with E-state index in [1.807, 2.05) is 6.92 Å². The standard InChI is InChI=1S/C22H42F3N3O2/c1-4-7-8-9-12-17(11-5-2)21(6-3,30-15-18-13-10-14-27-18)19(20(26)29)28-16-22(23,24)25/h17-19,27-28H,4-16H2,1-3H3,(H2,26,29)/t17?,18-,19?,21?/m1/s1. The summed E-state index contributed by atoms with van der Waals surface area (Å²) in [6.07, 6.45) is 4.75. The van der Waals surface area contributed by atoms with Gasteiger partial charge in [-0.25, -0.2) is 0 Å². The Morgan fingerprint density at radius 1 is 1.17 bits per heavy atom. The molecule has 178 valence electrons. The zero-order valence-electron chi connectivity index (χ0n) is 19.0. The van der Waals surface area contributed by atoms with Gasteiger partial charge in [0.25, 0.3) is 0 Å². The number of carbonyl (C=O) groups excluding carboxylic acids is 1. The second kappa shape index (κ2) is 13.5. The average molecular weight is 438 g/mol. The molecule has 1 aliphatic rings. The molecule has 0 saturated carbocycles. The largest absolute Gasteiger partial charge is 0.401 e. The Hall–Kier alpha value is -0.860. The first kappa shape index (κ1) is 27.2. The van der Waals surface area contributed by atoms with Crippen molar-refractivity contribution in [2.45, 2.75) is 109 Å². The number of halogens is 3. The van der Waals surface area contributed by atoms with Crippen LogP contribution in [0.1, 0.15) is 85.0 Å². The van der Waals surface area contributed by atoms with Crippen molar-refractivity contribution in [2.24, 2.45) is 11.7 Å². The van der Waals surface area contributed by atoms with Crippen molar-refractivity contribution in [1.82, 2.24) is 10.6 Å². The third-order valence-electron chi connectivity index (χ3n) is 6.28. The molecular formula is C22H42F3N3O2. The van der Waals surface area contributed by atoms with E-state index in [1.54, 1.807) is 0 Å². The van der Waals surface area contributed by atoms with E-state index in [0.29, 0.717) is 13.0 Å². The highest BCUT2D eigenvalue weighted by molar-refractivity contribution is 5.81. The number of rotatable bonds is 16. The minimum absolute atomic E-state index is 0.0380. The molecule has 0 aliphatic carbocycles. The lowest BCUT2D eigenvalue weighted by Crippen LogP contribution is -2.64. The number of ether oxygens (including phenoxy) is 1. The van der Waals surface area contributed by atoms with Crippen LogP contribution in [0.3, 0.4) is 0 Å². The van der Waals surface area contributed by atoms with E-state index in [4.69, 9.17) is 10.5 Å².